The molecule has 5 heteroatoms. The number of ether oxygens (including phenoxy) is 1. The van der Waals surface area contributed by atoms with Crippen LogP contribution in [-0.4, -0.2) is 15.5 Å². The van der Waals surface area contributed by atoms with Crippen LogP contribution in [0.2, 0.25) is 0 Å². The summed E-state index contributed by atoms with van der Waals surface area (Å²) in [5.74, 6) is 1.33. The Morgan fingerprint density at radius 1 is 0.931 bits per heavy atom. The number of amides is 1. The summed E-state index contributed by atoms with van der Waals surface area (Å²) in [5, 5.41) is 3.04. The van der Waals surface area contributed by atoms with Crippen molar-refractivity contribution < 1.29 is 9.53 Å². The van der Waals surface area contributed by atoms with Crippen molar-refractivity contribution in [2.24, 2.45) is 0 Å². The lowest BCUT2D eigenvalue weighted by Gasteiger charge is -2.15. The largest absolute Gasteiger partial charge is 0.457 e. The van der Waals surface area contributed by atoms with Crippen molar-refractivity contribution in [3.63, 3.8) is 0 Å². The van der Waals surface area contributed by atoms with Crippen LogP contribution in [0.3, 0.4) is 0 Å². The number of carbonyl (C=O) groups is 1. The van der Waals surface area contributed by atoms with Gasteiger partial charge in [0.25, 0.3) is 5.91 Å². The highest BCUT2D eigenvalue weighted by Gasteiger charge is 2.12. The molecule has 4 rings (SSSR count). The van der Waals surface area contributed by atoms with Crippen molar-refractivity contribution in [2.75, 3.05) is 0 Å². The second-order valence-corrected chi connectivity index (χ2v) is 6.70. The lowest BCUT2D eigenvalue weighted by molar-refractivity contribution is 0.0940. The smallest absolute Gasteiger partial charge is 0.251 e. The topological polar surface area (TPSA) is 56.1 Å². The van der Waals surface area contributed by atoms with Crippen LogP contribution in [0.15, 0.2) is 97.6 Å². The number of hydrogen-bond acceptors (Lipinski definition) is 3. The van der Waals surface area contributed by atoms with Crippen LogP contribution in [0.5, 0.6) is 11.5 Å². The monoisotopic (exact) mass is 383 g/mol. The molecule has 0 aliphatic heterocycles. The van der Waals surface area contributed by atoms with Crippen molar-refractivity contribution in [2.45, 2.75) is 13.0 Å². The number of rotatable bonds is 6. The second kappa shape index (κ2) is 8.44. The minimum Gasteiger partial charge on any atom is -0.457 e. The summed E-state index contributed by atoms with van der Waals surface area (Å²) in [6.45, 7) is 1.97. The van der Waals surface area contributed by atoms with E-state index in [2.05, 4.69) is 10.3 Å². The van der Waals surface area contributed by atoms with E-state index in [1.54, 1.807) is 36.8 Å². The van der Waals surface area contributed by atoms with Gasteiger partial charge >= 0.3 is 0 Å². The van der Waals surface area contributed by atoms with Crippen LogP contribution < -0.4 is 10.1 Å². The summed E-state index contributed by atoms with van der Waals surface area (Å²) in [5.41, 5.74) is 2.65. The molecular weight excluding hydrogens is 362 g/mol. The fourth-order valence-electron chi connectivity index (χ4n) is 3.01. The highest BCUT2D eigenvalue weighted by atomic mass is 16.5. The van der Waals surface area contributed by atoms with Crippen LogP contribution in [0.25, 0.3) is 5.69 Å². The summed E-state index contributed by atoms with van der Waals surface area (Å²) >= 11 is 0. The Morgan fingerprint density at radius 2 is 1.62 bits per heavy atom. The number of imidazole rings is 1. The Kier molecular flexibility index (Phi) is 5.38. The molecule has 1 heterocycles. The third kappa shape index (κ3) is 4.52. The van der Waals surface area contributed by atoms with E-state index in [9.17, 15) is 4.79 Å². The van der Waals surface area contributed by atoms with Gasteiger partial charge in [-0.3, -0.25) is 4.79 Å². The summed E-state index contributed by atoms with van der Waals surface area (Å²) in [6.07, 6.45) is 5.39. The molecule has 0 saturated carbocycles. The van der Waals surface area contributed by atoms with E-state index in [0.717, 1.165) is 17.0 Å². The molecule has 1 N–H and O–H groups in total. The fraction of sp³-hybridized carbons (Fsp3) is 0.0833. The molecule has 0 spiro atoms. The van der Waals surface area contributed by atoms with Crippen molar-refractivity contribution >= 4 is 5.91 Å². The number of benzene rings is 3. The highest BCUT2D eigenvalue weighted by Crippen LogP contribution is 2.22. The number of carbonyl (C=O) groups excluding carboxylic acids is 1. The first-order valence-corrected chi connectivity index (χ1v) is 9.41. The van der Waals surface area contributed by atoms with E-state index in [-0.39, 0.29) is 11.9 Å². The van der Waals surface area contributed by atoms with E-state index in [4.69, 9.17) is 4.74 Å². The van der Waals surface area contributed by atoms with Gasteiger partial charge in [0, 0.05) is 23.6 Å². The van der Waals surface area contributed by atoms with Gasteiger partial charge in [0.2, 0.25) is 0 Å². The molecule has 0 bridgehead atoms. The van der Waals surface area contributed by atoms with Gasteiger partial charge in [0.15, 0.2) is 0 Å². The van der Waals surface area contributed by atoms with Gasteiger partial charge < -0.3 is 14.6 Å². The summed E-state index contributed by atoms with van der Waals surface area (Å²) < 4.78 is 7.70. The van der Waals surface area contributed by atoms with Gasteiger partial charge in [-0.15, -0.1) is 0 Å². The maximum absolute atomic E-state index is 12.6. The molecule has 0 unspecified atom stereocenters. The zero-order valence-corrected chi connectivity index (χ0v) is 16.0. The molecule has 5 nitrogen and oxygen atoms in total. The average molecular weight is 383 g/mol. The van der Waals surface area contributed by atoms with E-state index in [1.807, 2.05) is 72.3 Å². The van der Waals surface area contributed by atoms with Gasteiger partial charge in [-0.2, -0.15) is 0 Å². The van der Waals surface area contributed by atoms with Gasteiger partial charge in [0.1, 0.15) is 11.5 Å². The minimum absolute atomic E-state index is 0.111. The molecule has 0 aliphatic rings. The molecule has 0 saturated heterocycles. The van der Waals surface area contributed by atoms with E-state index >= 15 is 0 Å². The maximum atomic E-state index is 12.6. The molecule has 3 aromatic carbocycles. The lowest BCUT2D eigenvalue weighted by atomic mass is 10.1. The molecule has 0 radical (unpaired) electrons. The predicted octanol–water partition coefficient (Wildman–Crippen LogP) is 5.16. The summed E-state index contributed by atoms with van der Waals surface area (Å²) in [4.78, 5) is 16.6. The van der Waals surface area contributed by atoms with E-state index in [1.165, 1.54) is 0 Å². The molecule has 1 aromatic heterocycles. The minimum atomic E-state index is -0.123. The number of nitrogens with zero attached hydrogens (tertiary/aromatic N) is 2. The molecule has 4 aromatic rings. The van der Waals surface area contributed by atoms with Crippen molar-refractivity contribution in [1.82, 2.24) is 14.9 Å². The molecular formula is C24H21N3O2. The zero-order chi connectivity index (χ0) is 20.1. The highest BCUT2D eigenvalue weighted by molar-refractivity contribution is 5.94. The molecule has 0 fully saturated rings. The number of hydrogen-bond donors (Lipinski definition) is 1. The van der Waals surface area contributed by atoms with Crippen LogP contribution in [0, 0.1) is 0 Å². The van der Waals surface area contributed by atoms with Crippen LogP contribution >= 0.6 is 0 Å². The van der Waals surface area contributed by atoms with Gasteiger partial charge in [-0.25, -0.2) is 4.98 Å². The van der Waals surface area contributed by atoms with Crippen LogP contribution in [0.1, 0.15) is 28.9 Å². The first kappa shape index (κ1) is 18.5. The molecule has 1 amide bonds. The quantitative estimate of drug-likeness (QED) is 0.501. The van der Waals surface area contributed by atoms with Crippen LogP contribution in [0.4, 0.5) is 0 Å². The summed E-state index contributed by atoms with van der Waals surface area (Å²) in [6, 6.07) is 24.6. The Bertz CT molecular complexity index is 1060. The fourth-order valence-corrected chi connectivity index (χ4v) is 3.01. The number of aromatic nitrogens is 2. The Hall–Kier alpha value is -3.86. The standard InChI is InChI=1S/C24H21N3O2/c1-18(19-7-11-21(12-8-19)27-16-15-25-17-27)26-24(28)20-9-13-23(14-10-20)29-22-5-3-2-4-6-22/h2-18H,1H3,(H,26,28)/t18-/m0/s1. The zero-order valence-electron chi connectivity index (χ0n) is 16.0. The third-order valence-electron chi connectivity index (χ3n) is 4.64. The average Bonchev–Trinajstić information content (AvgIpc) is 3.30. The molecule has 29 heavy (non-hydrogen) atoms. The normalized spacial score (nSPS) is 11.6. The second-order valence-electron chi connectivity index (χ2n) is 6.70. The number of para-hydroxylation sites is 1. The Labute approximate surface area is 169 Å². The van der Waals surface area contributed by atoms with Crippen molar-refractivity contribution in [3.05, 3.63) is 109 Å². The number of nitrogens with one attached hydrogen (secondary N) is 1. The molecule has 0 aliphatic carbocycles. The predicted molar refractivity (Wildman–Crippen MR) is 112 cm³/mol. The van der Waals surface area contributed by atoms with Crippen LogP contribution in [-0.2, 0) is 0 Å². The summed E-state index contributed by atoms with van der Waals surface area (Å²) in [7, 11) is 0. The van der Waals surface area contributed by atoms with Gasteiger partial charge in [-0.1, -0.05) is 30.3 Å². The first-order valence-electron chi connectivity index (χ1n) is 9.41. The maximum Gasteiger partial charge on any atom is 0.251 e. The lowest BCUT2D eigenvalue weighted by Crippen LogP contribution is -2.26. The van der Waals surface area contributed by atoms with Gasteiger partial charge in [0.05, 0.1) is 12.4 Å². The third-order valence-corrected chi connectivity index (χ3v) is 4.64. The van der Waals surface area contributed by atoms with Gasteiger partial charge in [-0.05, 0) is 61.0 Å². The first-order chi connectivity index (χ1) is 14.2. The SMILES string of the molecule is C[C@H](NC(=O)c1ccc(Oc2ccccc2)cc1)c1ccc(-n2ccnc2)cc1. The van der Waals surface area contributed by atoms with Crippen molar-refractivity contribution in [1.29, 1.82) is 0 Å². The van der Waals surface area contributed by atoms with E-state index < -0.39 is 0 Å². The molecule has 144 valence electrons. The molecule has 1 atom stereocenters. The van der Waals surface area contributed by atoms with E-state index in [0.29, 0.717) is 11.3 Å². The van der Waals surface area contributed by atoms with Crippen molar-refractivity contribution in [3.8, 4) is 17.2 Å². The Morgan fingerprint density at radius 3 is 2.28 bits per heavy atom. The Balaban J connectivity index is 1.38.